The maximum atomic E-state index is 12.7. The second-order valence-corrected chi connectivity index (χ2v) is 6.45. The molecule has 146 valence electrons. The lowest BCUT2D eigenvalue weighted by molar-refractivity contribution is -0.141. The molecule has 1 saturated heterocycles. The molecule has 0 aliphatic carbocycles. The Morgan fingerprint density at radius 3 is 2.61 bits per heavy atom. The van der Waals surface area contributed by atoms with Crippen LogP contribution in [0.25, 0.3) is 5.82 Å². The van der Waals surface area contributed by atoms with Crippen molar-refractivity contribution in [2.24, 2.45) is 0 Å². The Balaban J connectivity index is 1.56. The van der Waals surface area contributed by atoms with E-state index in [0.29, 0.717) is 24.7 Å². The van der Waals surface area contributed by atoms with E-state index in [1.165, 1.54) is 16.8 Å². The minimum Gasteiger partial charge on any atom is -0.350 e. The second-order valence-electron chi connectivity index (χ2n) is 6.45. The van der Waals surface area contributed by atoms with Gasteiger partial charge >= 0.3 is 6.18 Å². The molecule has 8 nitrogen and oxygen atoms in total. The first-order valence-electron chi connectivity index (χ1n) is 8.66. The summed E-state index contributed by atoms with van der Waals surface area (Å²) in [6, 6.07) is 5.15. The molecular weight excluding hydrogens is 375 g/mol. The molecule has 0 bridgehead atoms. The summed E-state index contributed by atoms with van der Waals surface area (Å²) in [5.41, 5.74) is -1.29. The van der Waals surface area contributed by atoms with E-state index < -0.39 is 11.9 Å². The molecule has 1 unspecified atom stereocenters. The van der Waals surface area contributed by atoms with Crippen LogP contribution in [0.2, 0.25) is 0 Å². The molecule has 0 amide bonds. The Morgan fingerprint density at radius 2 is 1.93 bits per heavy atom. The molecule has 3 aromatic rings. The number of alkyl halides is 3. The Kier molecular flexibility index (Phi) is 4.57. The standard InChI is InChI=1S/C17H16F3N7O/c18-17(19,20)13-3-4-14(23-22-13)26-8-1-2-12(26)10-27-16(28)6-5-15(24-27)25-9-7-21-11-25/h3-7,9,11-12H,1-2,8,10H2. The highest BCUT2D eigenvalue weighted by atomic mass is 19.4. The lowest BCUT2D eigenvalue weighted by Gasteiger charge is -2.25. The minimum absolute atomic E-state index is 0.116. The zero-order valence-corrected chi connectivity index (χ0v) is 14.6. The summed E-state index contributed by atoms with van der Waals surface area (Å²) < 4.78 is 41.1. The van der Waals surface area contributed by atoms with Gasteiger partial charge in [0.1, 0.15) is 6.33 Å². The zero-order chi connectivity index (χ0) is 19.7. The number of halogens is 3. The smallest absolute Gasteiger partial charge is 0.350 e. The molecular formula is C17H16F3N7O. The largest absolute Gasteiger partial charge is 0.435 e. The molecule has 28 heavy (non-hydrogen) atoms. The van der Waals surface area contributed by atoms with E-state index in [1.54, 1.807) is 29.4 Å². The first-order valence-corrected chi connectivity index (χ1v) is 8.66. The van der Waals surface area contributed by atoms with Crippen molar-refractivity contribution in [1.82, 2.24) is 29.5 Å². The summed E-state index contributed by atoms with van der Waals surface area (Å²) in [7, 11) is 0. The van der Waals surface area contributed by atoms with Gasteiger partial charge in [-0.15, -0.1) is 10.2 Å². The third kappa shape index (κ3) is 3.59. The zero-order valence-electron chi connectivity index (χ0n) is 14.6. The van der Waals surface area contributed by atoms with Gasteiger partial charge in [-0.2, -0.15) is 18.3 Å². The van der Waals surface area contributed by atoms with Crippen LogP contribution in [0.15, 0.2) is 47.8 Å². The summed E-state index contributed by atoms with van der Waals surface area (Å²) in [5, 5.41) is 11.4. The van der Waals surface area contributed by atoms with Gasteiger partial charge in [0.15, 0.2) is 17.3 Å². The normalized spacial score (nSPS) is 17.2. The van der Waals surface area contributed by atoms with Crippen LogP contribution in [0.4, 0.5) is 19.0 Å². The van der Waals surface area contributed by atoms with E-state index in [4.69, 9.17) is 0 Å². The van der Waals surface area contributed by atoms with Crippen molar-refractivity contribution in [3.05, 3.63) is 59.0 Å². The number of imidazole rings is 1. The number of rotatable bonds is 4. The Morgan fingerprint density at radius 1 is 1.11 bits per heavy atom. The van der Waals surface area contributed by atoms with Crippen LogP contribution in [0.3, 0.4) is 0 Å². The molecule has 4 rings (SSSR count). The molecule has 0 N–H and O–H groups in total. The predicted molar refractivity (Wildman–Crippen MR) is 93.0 cm³/mol. The van der Waals surface area contributed by atoms with Crippen molar-refractivity contribution in [2.75, 3.05) is 11.4 Å². The van der Waals surface area contributed by atoms with Gasteiger partial charge in [-0.1, -0.05) is 0 Å². The lowest BCUT2D eigenvalue weighted by atomic mass is 10.2. The van der Waals surface area contributed by atoms with E-state index in [1.807, 2.05) is 4.90 Å². The Labute approximate surface area is 157 Å². The maximum absolute atomic E-state index is 12.7. The van der Waals surface area contributed by atoms with Crippen LogP contribution in [-0.2, 0) is 12.7 Å². The highest BCUT2D eigenvalue weighted by Crippen LogP contribution is 2.29. The molecule has 0 spiro atoms. The summed E-state index contributed by atoms with van der Waals surface area (Å²) >= 11 is 0. The van der Waals surface area contributed by atoms with Crippen molar-refractivity contribution in [3.63, 3.8) is 0 Å². The molecule has 0 radical (unpaired) electrons. The third-order valence-corrected chi connectivity index (χ3v) is 4.62. The van der Waals surface area contributed by atoms with Gasteiger partial charge in [0, 0.05) is 25.0 Å². The SMILES string of the molecule is O=c1ccc(-n2ccnc2)nn1CC1CCCN1c1ccc(C(F)(F)F)nn1. The molecule has 1 aliphatic heterocycles. The van der Waals surface area contributed by atoms with Crippen LogP contribution >= 0.6 is 0 Å². The van der Waals surface area contributed by atoms with Crippen LogP contribution < -0.4 is 10.5 Å². The number of aromatic nitrogens is 6. The number of nitrogens with zero attached hydrogens (tertiary/aromatic N) is 7. The molecule has 4 heterocycles. The first-order chi connectivity index (χ1) is 13.4. The fourth-order valence-corrected chi connectivity index (χ4v) is 3.26. The number of hydrogen-bond donors (Lipinski definition) is 0. The van der Waals surface area contributed by atoms with Gasteiger partial charge in [0.05, 0.1) is 12.6 Å². The van der Waals surface area contributed by atoms with Gasteiger partial charge in [0.25, 0.3) is 5.56 Å². The van der Waals surface area contributed by atoms with E-state index in [-0.39, 0.29) is 11.6 Å². The van der Waals surface area contributed by atoms with E-state index in [2.05, 4.69) is 20.3 Å². The quantitative estimate of drug-likeness (QED) is 0.676. The summed E-state index contributed by atoms with van der Waals surface area (Å²) in [5.74, 6) is 0.908. The lowest BCUT2D eigenvalue weighted by Crippen LogP contribution is -2.37. The third-order valence-electron chi connectivity index (χ3n) is 4.62. The van der Waals surface area contributed by atoms with Gasteiger partial charge in [-0.3, -0.25) is 9.36 Å². The van der Waals surface area contributed by atoms with Gasteiger partial charge in [-0.25, -0.2) is 9.67 Å². The highest BCUT2D eigenvalue weighted by molar-refractivity contribution is 5.40. The van der Waals surface area contributed by atoms with Gasteiger partial charge < -0.3 is 4.90 Å². The van der Waals surface area contributed by atoms with Gasteiger partial charge in [0.2, 0.25) is 0 Å². The summed E-state index contributed by atoms with van der Waals surface area (Å²) in [6.07, 6.45) is 1.99. The molecule has 11 heteroatoms. The van der Waals surface area contributed by atoms with Crippen LogP contribution in [-0.4, -0.2) is 42.1 Å². The summed E-state index contributed by atoms with van der Waals surface area (Å²) in [6.45, 7) is 0.921. The molecule has 0 aromatic carbocycles. The van der Waals surface area contributed by atoms with Gasteiger partial charge in [-0.05, 0) is 31.0 Å². The van der Waals surface area contributed by atoms with E-state index >= 15 is 0 Å². The van der Waals surface area contributed by atoms with Crippen molar-refractivity contribution in [1.29, 1.82) is 0 Å². The van der Waals surface area contributed by atoms with Crippen molar-refractivity contribution in [3.8, 4) is 5.82 Å². The minimum atomic E-state index is -4.53. The average molecular weight is 391 g/mol. The fourth-order valence-electron chi connectivity index (χ4n) is 3.26. The Bertz CT molecular complexity index is 999. The highest BCUT2D eigenvalue weighted by Gasteiger charge is 2.34. The van der Waals surface area contributed by atoms with Crippen molar-refractivity contribution >= 4 is 5.82 Å². The first kappa shape index (κ1) is 18.1. The predicted octanol–water partition coefficient (Wildman–Crippen LogP) is 1.91. The molecule has 1 aliphatic rings. The second kappa shape index (κ2) is 7.06. The molecule has 1 fully saturated rings. The van der Waals surface area contributed by atoms with Crippen LogP contribution in [0, 0.1) is 0 Å². The Hall–Kier alpha value is -3.24. The number of hydrogen-bond acceptors (Lipinski definition) is 6. The average Bonchev–Trinajstić information content (AvgIpc) is 3.35. The molecule has 1 atom stereocenters. The molecule has 0 saturated carbocycles. The van der Waals surface area contributed by atoms with Crippen molar-refractivity contribution in [2.45, 2.75) is 31.6 Å². The van der Waals surface area contributed by atoms with Crippen LogP contribution in [0.5, 0.6) is 0 Å². The van der Waals surface area contributed by atoms with Crippen LogP contribution in [0.1, 0.15) is 18.5 Å². The topological polar surface area (TPSA) is 81.7 Å². The van der Waals surface area contributed by atoms with E-state index in [0.717, 1.165) is 18.9 Å². The summed E-state index contributed by atoms with van der Waals surface area (Å²) in [4.78, 5) is 18.1. The fraction of sp³-hybridized carbons (Fsp3) is 0.353. The van der Waals surface area contributed by atoms with Crippen molar-refractivity contribution < 1.29 is 13.2 Å². The number of anilines is 1. The monoisotopic (exact) mass is 391 g/mol. The molecule has 3 aromatic heterocycles. The maximum Gasteiger partial charge on any atom is 0.435 e. The van der Waals surface area contributed by atoms with E-state index in [9.17, 15) is 18.0 Å².